The summed E-state index contributed by atoms with van der Waals surface area (Å²) in [7, 11) is -7.61. The second kappa shape index (κ2) is 8.40. The van der Waals surface area contributed by atoms with Gasteiger partial charge in [-0.1, -0.05) is 13.8 Å². The van der Waals surface area contributed by atoms with Crippen LogP contribution in [0.1, 0.15) is 26.7 Å². The van der Waals surface area contributed by atoms with Crippen molar-refractivity contribution in [2.45, 2.75) is 31.6 Å². The molecule has 2 saturated heterocycles. The molecule has 1 N–H and O–H groups in total. The SMILES string of the molecule is CC1CCN(c2ccc(NS(=O)(=O)c3ccc(N4C(=O)[C@H](C)CS4(=O)=O)cc3)cc2)CC1. The number of carbonyl (C=O) groups excluding carboxylic acids is 1. The van der Waals surface area contributed by atoms with Gasteiger partial charge in [-0.25, -0.2) is 21.1 Å². The summed E-state index contributed by atoms with van der Waals surface area (Å²) in [5.74, 6) is -0.654. The molecular formula is C22H27N3O5S2. The molecule has 0 aromatic heterocycles. The van der Waals surface area contributed by atoms with Crippen molar-refractivity contribution in [1.29, 1.82) is 0 Å². The van der Waals surface area contributed by atoms with Crippen LogP contribution < -0.4 is 13.9 Å². The Bertz CT molecular complexity index is 1200. The molecule has 0 saturated carbocycles. The number of rotatable bonds is 5. The lowest BCUT2D eigenvalue weighted by atomic mass is 9.99. The first-order valence-electron chi connectivity index (χ1n) is 10.6. The van der Waals surface area contributed by atoms with E-state index < -0.39 is 31.9 Å². The molecule has 0 radical (unpaired) electrons. The number of carbonyl (C=O) groups is 1. The summed E-state index contributed by atoms with van der Waals surface area (Å²) >= 11 is 0. The highest BCUT2D eigenvalue weighted by Gasteiger charge is 2.42. The maximum atomic E-state index is 12.8. The fourth-order valence-corrected chi connectivity index (χ4v) is 6.95. The molecule has 2 aliphatic heterocycles. The van der Waals surface area contributed by atoms with Gasteiger partial charge >= 0.3 is 0 Å². The number of anilines is 3. The lowest BCUT2D eigenvalue weighted by Crippen LogP contribution is -2.32. The molecule has 10 heteroatoms. The zero-order valence-corrected chi connectivity index (χ0v) is 19.7. The summed E-state index contributed by atoms with van der Waals surface area (Å²) < 4.78 is 53.3. The van der Waals surface area contributed by atoms with Crippen molar-refractivity contribution in [3.05, 3.63) is 48.5 Å². The molecule has 2 aliphatic rings. The number of piperidine rings is 1. The van der Waals surface area contributed by atoms with Crippen molar-refractivity contribution in [3.63, 3.8) is 0 Å². The first kappa shape index (κ1) is 22.6. The quantitative estimate of drug-likeness (QED) is 0.710. The van der Waals surface area contributed by atoms with Crippen LogP contribution in [-0.4, -0.2) is 41.6 Å². The molecule has 0 aliphatic carbocycles. The number of sulfonamides is 2. The number of benzene rings is 2. The Labute approximate surface area is 189 Å². The lowest BCUT2D eigenvalue weighted by molar-refractivity contribution is -0.119. The molecule has 4 rings (SSSR count). The van der Waals surface area contributed by atoms with Crippen LogP contribution in [0.15, 0.2) is 53.4 Å². The maximum Gasteiger partial charge on any atom is 0.261 e. The van der Waals surface area contributed by atoms with Gasteiger partial charge in [0.1, 0.15) is 0 Å². The van der Waals surface area contributed by atoms with Gasteiger partial charge in [-0.2, -0.15) is 0 Å². The molecule has 2 aromatic rings. The predicted molar refractivity (Wildman–Crippen MR) is 125 cm³/mol. The molecule has 2 aromatic carbocycles. The van der Waals surface area contributed by atoms with Crippen molar-refractivity contribution in [2.75, 3.05) is 32.8 Å². The van der Waals surface area contributed by atoms with Gasteiger partial charge in [0.05, 0.1) is 22.3 Å². The molecule has 2 fully saturated rings. The van der Waals surface area contributed by atoms with E-state index in [2.05, 4.69) is 16.5 Å². The minimum atomic E-state index is -3.87. The van der Waals surface area contributed by atoms with Crippen LogP contribution in [0.3, 0.4) is 0 Å². The molecule has 0 bridgehead atoms. The smallest absolute Gasteiger partial charge is 0.261 e. The molecule has 8 nitrogen and oxygen atoms in total. The van der Waals surface area contributed by atoms with E-state index in [9.17, 15) is 21.6 Å². The molecule has 1 atom stereocenters. The minimum Gasteiger partial charge on any atom is -0.372 e. The van der Waals surface area contributed by atoms with E-state index in [1.807, 2.05) is 12.1 Å². The van der Waals surface area contributed by atoms with Gasteiger partial charge in [-0.3, -0.25) is 9.52 Å². The normalized spacial score (nSPS) is 21.7. The molecule has 0 unspecified atom stereocenters. The van der Waals surface area contributed by atoms with Gasteiger partial charge in [0, 0.05) is 24.5 Å². The summed E-state index contributed by atoms with van der Waals surface area (Å²) in [5, 5.41) is 0. The third-order valence-corrected chi connectivity index (χ3v) is 9.28. The maximum absolute atomic E-state index is 12.8. The van der Waals surface area contributed by atoms with Crippen LogP contribution in [0.4, 0.5) is 17.1 Å². The molecule has 0 spiro atoms. The highest BCUT2D eigenvalue weighted by atomic mass is 32.2. The Kier molecular flexibility index (Phi) is 5.93. The van der Waals surface area contributed by atoms with E-state index in [0.29, 0.717) is 5.69 Å². The molecule has 32 heavy (non-hydrogen) atoms. The summed E-state index contributed by atoms with van der Waals surface area (Å²) in [5.41, 5.74) is 1.64. The average molecular weight is 478 g/mol. The molecule has 1 amide bonds. The van der Waals surface area contributed by atoms with Crippen molar-refractivity contribution in [1.82, 2.24) is 0 Å². The lowest BCUT2D eigenvalue weighted by Gasteiger charge is -2.32. The number of nitrogens with zero attached hydrogens (tertiary/aromatic N) is 2. The molecule has 172 valence electrons. The van der Waals surface area contributed by atoms with Crippen LogP contribution in [0, 0.1) is 11.8 Å². The number of hydrogen-bond acceptors (Lipinski definition) is 6. The van der Waals surface area contributed by atoms with Crippen LogP contribution >= 0.6 is 0 Å². The van der Waals surface area contributed by atoms with Gasteiger partial charge in [0.25, 0.3) is 10.0 Å². The zero-order valence-electron chi connectivity index (χ0n) is 18.1. The fourth-order valence-electron chi connectivity index (χ4n) is 4.07. The average Bonchev–Trinajstić information content (AvgIpc) is 2.95. The predicted octanol–water partition coefficient (Wildman–Crippen LogP) is 3.04. The van der Waals surface area contributed by atoms with E-state index in [0.717, 1.165) is 41.8 Å². The van der Waals surface area contributed by atoms with E-state index in [1.165, 1.54) is 24.3 Å². The molecular weight excluding hydrogens is 450 g/mol. The summed E-state index contributed by atoms with van der Waals surface area (Å²) in [6, 6.07) is 12.5. The van der Waals surface area contributed by atoms with E-state index in [-0.39, 0.29) is 16.3 Å². The first-order chi connectivity index (χ1) is 15.1. The third kappa shape index (κ3) is 4.47. The van der Waals surface area contributed by atoms with E-state index >= 15 is 0 Å². The van der Waals surface area contributed by atoms with Gasteiger partial charge < -0.3 is 4.90 Å². The summed E-state index contributed by atoms with van der Waals surface area (Å²) in [4.78, 5) is 14.5. The second-order valence-electron chi connectivity index (χ2n) is 8.60. The van der Waals surface area contributed by atoms with E-state index in [1.54, 1.807) is 19.1 Å². The van der Waals surface area contributed by atoms with Crippen molar-refractivity contribution < 1.29 is 21.6 Å². The second-order valence-corrected chi connectivity index (χ2v) is 12.1. The largest absolute Gasteiger partial charge is 0.372 e. The van der Waals surface area contributed by atoms with Crippen molar-refractivity contribution in [2.24, 2.45) is 11.8 Å². The van der Waals surface area contributed by atoms with Gasteiger partial charge in [0.2, 0.25) is 15.9 Å². The van der Waals surface area contributed by atoms with Crippen molar-refractivity contribution >= 4 is 43.0 Å². The summed E-state index contributed by atoms with van der Waals surface area (Å²) in [6.07, 6.45) is 2.29. The van der Waals surface area contributed by atoms with E-state index in [4.69, 9.17) is 0 Å². The highest BCUT2D eigenvalue weighted by Crippen LogP contribution is 2.30. The third-order valence-electron chi connectivity index (χ3n) is 6.01. The number of nitrogens with one attached hydrogen (secondary N) is 1. The fraction of sp³-hybridized carbons (Fsp3) is 0.409. The van der Waals surface area contributed by atoms with Crippen LogP contribution in [0.25, 0.3) is 0 Å². The topological polar surface area (TPSA) is 104 Å². The summed E-state index contributed by atoms with van der Waals surface area (Å²) in [6.45, 7) is 5.79. The highest BCUT2D eigenvalue weighted by molar-refractivity contribution is 7.94. The van der Waals surface area contributed by atoms with Crippen molar-refractivity contribution in [3.8, 4) is 0 Å². The Morgan fingerprint density at radius 3 is 2.00 bits per heavy atom. The Balaban J connectivity index is 1.47. The van der Waals surface area contributed by atoms with Crippen LogP contribution in [-0.2, 0) is 24.8 Å². The zero-order chi connectivity index (χ0) is 23.1. The number of amides is 1. The first-order valence-corrected chi connectivity index (χ1v) is 13.7. The Morgan fingerprint density at radius 1 is 0.906 bits per heavy atom. The Hall–Kier alpha value is -2.59. The standard InChI is InChI=1S/C22H27N3O5S2/c1-16-11-13-24(14-12-16)19-5-3-18(4-6-19)23-32(29,30)21-9-7-20(8-10-21)25-22(26)17(2)15-31(25,27)28/h3-10,16-17,23H,11-15H2,1-2H3/t17-/m1/s1. The van der Waals surface area contributed by atoms with Crippen LogP contribution in [0.2, 0.25) is 0 Å². The number of hydrogen-bond donors (Lipinski definition) is 1. The minimum absolute atomic E-state index is 0.0209. The van der Waals surface area contributed by atoms with Gasteiger partial charge in [0.15, 0.2) is 0 Å². The Morgan fingerprint density at radius 2 is 1.47 bits per heavy atom. The monoisotopic (exact) mass is 477 g/mol. The van der Waals surface area contributed by atoms with Gasteiger partial charge in [-0.15, -0.1) is 0 Å². The van der Waals surface area contributed by atoms with Crippen LogP contribution in [0.5, 0.6) is 0 Å². The van der Waals surface area contributed by atoms with Gasteiger partial charge in [-0.05, 0) is 67.3 Å². The molecule has 2 heterocycles.